The Morgan fingerprint density at radius 2 is 1.95 bits per heavy atom. The van der Waals surface area contributed by atoms with E-state index >= 15 is 0 Å². The van der Waals surface area contributed by atoms with E-state index in [4.69, 9.17) is 0 Å². The molecule has 0 aliphatic carbocycles. The Morgan fingerprint density at radius 3 is 2.55 bits per heavy atom. The molecule has 0 amide bonds. The molecule has 1 aromatic heterocycles. The topological polar surface area (TPSA) is 29.9 Å². The number of rotatable bonds is 7. The largest absolute Gasteiger partial charge is 0.338 e. The third-order valence-corrected chi connectivity index (χ3v) is 3.74. The van der Waals surface area contributed by atoms with E-state index in [2.05, 4.69) is 53.0 Å². The summed E-state index contributed by atoms with van der Waals surface area (Å²) in [7, 11) is 2.04. The molecule has 0 saturated heterocycles. The maximum absolute atomic E-state index is 4.34. The van der Waals surface area contributed by atoms with Crippen molar-refractivity contribution in [1.29, 1.82) is 0 Å². The molecule has 1 atom stereocenters. The minimum absolute atomic E-state index is 0.381. The average molecular weight is 271 g/mol. The van der Waals surface area contributed by atoms with Crippen molar-refractivity contribution in [2.45, 2.75) is 39.2 Å². The first kappa shape index (κ1) is 14.8. The first-order valence-corrected chi connectivity index (χ1v) is 7.49. The molecular weight excluding hydrogens is 246 g/mol. The van der Waals surface area contributed by atoms with Crippen LogP contribution in [-0.4, -0.2) is 16.1 Å². The zero-order valence-electron chi connectivity index (χ0n) is 12.8. The lowest BCUT2D eigenvalue weighted by atomic mass is 10.0. The normalized spacial score (nSPS) is 12.6. The zero-order valence-corrected chi connectivity index (χ0v) is 12.8. The van der Waals surface area contributed by atoms with Gasteiger partial charge < -0.3 is 9.88 Å². The fourth-order valence-corrected chi connectivity index (χ4v) is 2.42. The van der Waals surface area contributed by atoms with Crippen molar-refractivity contribution >= 4 is 0 Å². The van der Waals surface area contributed by atoms with Gasteiger partial charge in [-0.3, -0.25) is 0 Å². The first-order chi connectivity index (χ1) is 9.70. The van der Waals surface area contributed by atoms with Gasteiger partial charge in [0, 0.05) is 38.4 Å². The quantitative estimate of drug-likeness (QED) is 0.837. The maximum atomic E-state index is 4.34. The van der Waals surface area contributed by atoms with E-state index in [1.54, 1.807) is 0 Å². The van der Waals surface area contributed by atoms with Crippen molar-refractivity contribution in [1.82, 2.24) is 14.9 Å². The van der Waals surface area contributed by atoms with Crippen LogP contribution in [0.1, 0.15) is 43.3 Å². The molecule has 1 heterocycles. The number of aryl methyl sites for hydroxylation is 2. The third kappa shape index (κ3) is 3.94. The number of nitrogens with zero attached hydrogens (tertiary/aromatic N) is 2. The summed E-state index contributed by atoms with van der Waals surface area (Å²) in [6, 6.07) is 9.35. The molecule has 3 nitrogen and oxygen atoms in total. The lowest BCUT2D eigenvalue weighted by Crippen LogP contribution is -2.22. The smallest absolute Gasteiger partial charge is 0.109 e. The zero-order chi connectivity index (χ0) is 14.4. The molecule has 2 aromatic rings. The van der Waals surface area contributed by atoms with E-state index < -0.39 is 0 Å². The molecule has 2 rings (SSSR count). The van der Waals surface area contributed by atoms with Crippen LogP contribution in [0.15, 0.2) is 36.7 Å². The third-order valence-electron chi connectivity index (χ3n) is 3.74. The fraction of sp³-hybridized carbons (Fsp3) is 0.471. The number of nitrogens with one attached hydrogen (secondary N) is 1. The van der Waals surface area contributed by atoms with Crippen LogP contribution in [0.2, 0.25) is 0 Å². The monoisotopic (exact) mass is 271 g/mol. The van der Waals surface area contributed by atoms with Gasteiger partial charge in [0.2, 0.25) is 0 Å². The molecule has 108 valence electrons. The highest BCUT2D eigenvalue weighted by molar-refractivity contribution is 5.24. The fourth-order valence-electron chi connectivity index (χ4n) is 2.42. The number of imidazole rings is 1. The van der Waals surface area contributed by atoms with Crippen LogP contribution in [0.3, 0.4) is 0 Å². The number of hydrogen-bond acceptors (Lipinski definition) is 2. The Morgan fingerprint density at radius 1 is 1.20 bits per heavy atom. The Hall–Kier alpha value is -1.61. The van der Waals surface area contributed by atoms with E-state index in [0.717, 1.165) is 18.8 Å². The molecule has 0 fully saturated rings. The van der Waals surface area contributed by atoms with Gasteiger partial charge in [0.25, 0.3) is 0 Å². The summed E-state index contributed by atoms with van der Waals surface area (Å²) < 4.78 is 2.08. The minimum Gasteiger partial charge on any atom is -0.338 e. The number of benzene rings is 1. The van der Waals surface area contributed by atoms with E-state index in [1.807, 2.05) is 19.4 Å². The van der Waals surface area contributed by atoms with Gasteiger partial charge in [-0.25, -0.2) is 4.98 Å². The van der Waals surface area contributed by atoms with Crippen LogP contribution in [0, 0.1) is 0 Å². The van der Waals surface area contributed by atoms with Gasteiger partial charge in [-0.2, -0.15) is 0 Å². The molecule has 1 aromatic carbocycles. The summed E-state index contributed by atoms with van der Waals surface area (Å²) in [5.41, 5.74) is 2.78. The molecule has 3 heteroatoms. The van der Waals surface area contributed by atoms with Crippen LogP contribution in [0.4, 0.5) is 0 Å². The average Bonchev–Trinajstić information content (AvgIpc) is 2.85. The standard InChI is InChI=1S/C17H25N3/c1-4-5-15-6-8-16(9-7-15)14(2)18-11-10-17-19-12-13-20(17)3/h6-9,12-14,18H,4-5,10-11H2,1-3H3. The summed E-state index contributed by atoms with van der Waals surface area (Å²) in [5, 5.41) is 3.56. The van der Waals surface area contributed by atoms with Gasteiger partial charge in [-0.15, -0.1) is 0 Å². The van der Waals surface area contributed by atoms with Gasteiger partial charge >= 0.3 is 0 Å². The second-order valence-corrected chi connectivity index (χ2v) is 5.37. The van der Waals surface area contributed by atoms with Gasteiger partial charge in [-0.05, 0) is 24.5 Å². The van der Waals surface area contributed by atoms with Gasteiger partial charge in [-0.1, -0.05) is 37.6 Å². The second-order valence-electron chi connectivity index (χ2n) is 5.37. The van der Waals surface area contributed by atoms with Crippen molar-refractivity contribution in [3.63, 3.8) is 0 Å². The number of hydrogen-bond donors (Lipinski definition) is 1. The summed E-state index contributed by atoms with van der Waals surface area (Å²) in [6.07, 6.45) is 7.18. The van der Waals surface area contributed by atoms with E-state index in [0.29, 0.717) is 6.04 Å². The molecule has 20 heavy (non-hydrogen) atoms. The van der Waals surface area contributed by atoms with Crippen LogP contribution < -0.4 is 5.32 Å². The van der Waals surface area contributed by atoms with E-state index in [1.165, 1.54) is 24.0 Å². The Labute approximate surface area is 122 Å². The Bertz CT molecular complexity index is 513. The maximum Gasteiger partial charge on any atom is 0.109 e. The van der Waals surface area contributed by atoms with Crippen molar-refractivity contribution in [3.05, 3.63) is 53.6 Å². The molecule has 0 bridgehead atoms. The van der Waals surface area contributed by atoms with Crippen molar-refractivity contribution in [3.8, 4) is 0 Å². The molecule has 0 radical (unpaired) electrons. The van der Waals surface area contributed by atoms with Crippen molar-refractivity contribution in [2.24, 2.45) is 7.05 Å². The van der Waals surface area contributed by atoms with Crippen LogP contribution in [0.5, 0.6) is 0 Å². The lowest BCUT2D eigenvalue weighted by Gasteiger charge is -2.14. The highest BCUT2D eigenvalue weighted by atomic mass is 15.0. The summed E-state index contributed by atoms with van der Waals surface area (Å²) in [5.74, 6) is 1.13. The lowest BCUT2D eigenvalue weighted by molar-refractivity contribution is 0.565. The van der Waals surface area contributed by atoms with Gasteiger partial charge in [0.1, 0.15) is 5.82 Å². The van der Waals surface area contributed by atoms with Crippen molar-refractivity contribution in [2.75, 3.05) is 6.54 Å². The summed E-state index contributed by atoms with van der Waals surface area (Å²) in [4.78, 5) is 4.34. The molecule has 0 aliphatic heterocycles. The highest BCUT2D eigenvalue weighted by Gasteiger charge is 2.05. The van der Waals surface area contributed by atoms with E-state index in [-0.39, 0.29) is 0 Å². The van der Waals surface area contributed by atoms with Crippen LogP contribution in [-0.2, 0) is 19.9 Å². The SMILES string of the molecule is CCCc1ccc(C(C)NCCc2nccn2C)cc1. The highest BCUT2D eigenvalue weighted by Crippen LogP contribution is 2.14. The van der Waals surface area contributed by atoms with E-state index in [9.17, 15) is 0 Å². The van der Waals surface area contributed by atoms with Crippen LogP contribution >= 0.6 is 0 Å². The Balaban J connectivity index is 1.82. The Kier molecular flexibility index (Phi) is 5.36. The van der Waals surface area contributed by atoms with Crippen LogP contribution in [0.25, 0.3) is 0 Å². The molecule has 0 saturated carbocycles. The molecule has 0 aliphatic rings. The minimum atomic E-state index is 0.381. The van der Waals surface area contributed by atoms with Gasteiger partial charge in [0.05, 0.1) is 0 Å². The summed E-state index contributed by atoms with van der Waals surface area (Å²) in [6.45, 7) is 5.38. The first-order valence-electron chi connectivity index (χ1n) is 7.49. The predicted molar refractivity (Wildman–Crippen MR) is 83.8 cm³/mol. The molecule has 1 N–H and O–H groups in total. The summed E-state index contributed by atoms with van der Waals surface area (Å²) >= 11 is 0. The molecule has 0 spiro atoms. The second kappa shape index (κ2) is 7.25. The van der Waals surface area contributed by atoms with Crippen molar-refractivity contribution < 1.29 is 0 Å². The molecular formula is C17H25N3. The number of aromatic nitrogens is 2. The predicted octanol–water partition coefficient (Wildman–Crippen LogP) is 3.27. The van der Waals surface area contributed by atoms with Gasteiger partial charge in [0.15, 0.2) is 0 Å². The molecule has 1 unspecified atom stereocenters.